The topological polar surface area (TPSA) is 107 Å². The number of ether oxygens (including phenoxy) is 1. The Labute approximate surface area is 215 Å². The van der Waals surface area contributed by atoms with E-state index in [-0.39, 0.29) is 35.6 Å². The summed E-state index contributed by atoms with van der Waals surface area (Å²) in [6, 6.07) is 5.28. The first kappa shape index (κ1) is 22.4. The summed E-state index contributed by atoms with van der Waals surface area (Å²) in [5, 5.41) is 34.2. The molecule has 1 aromatic heterocycles. The number of carbonyl (C=O) groups excluding carboxylic acids is 1. The number of β-amino-alcohol motifs (C(OH)–C–C–N with tert-alkyl or cyclic N) is 1. The van der Waals surface area contributed by atoms with Gasteiger partial charge in [-0.05, 0) is 80.7 Å². The molecule has 8 rings (SSSR count). The Balaban J connectivity index is 1.16. The van der Waals surface area contributed by atoms with Crippen molar-refractivity contribution in [2.75, 3.05) is 20.1 Å². The van der Waals surface area contributed by atoms with Gasteiger partial charge in [0.1, 0.15) is 6.10 Å². The third-order valence-corrected chi connectivity index (χ3v) is 10.8. The Morgan fingerprint density at radius 2 is 2.03 bits per heavy atom. The zero-order valence-corrected chi connectivity index (χ0v) is 21.1. The van der Waals surface area contributed by atoms with Crippen LogP contribution in [-0.2, 0) is 16.6 Å². The molecule has 0 radical (unpaired) electrons. The second kappa shape index (κ2) is 7.10. The summed E-state index contributed by atoms with van der Waals surface area (Å²) in [7, 11) is 1.88. The lowest BCUT2D eigenvalue weighted by atomic mass is 9.48. The van der Waals surface area contributed by atoms with Crippen molar-refractivity contribution >= 4 is 5.91 Å². The Kier molecular flexibility index (Phi) is 4.30. The number of likely N-dealkylation sites (N-methyl/N-ethyl adjacent to an activating group) is 1. The molecule has 3 N–H and O–H groups in total. The van der Waals surface area contributed by atoms with Gasteiger partial charge in [0, 0.05) is 31.1 Å². The largest absolute Gasteiger partial charge is 0.504 e. The lowest BCUT2D eigenvalue weighted by Gasteiger charge is -2.64. The van der Waals surface area contributed by atoms with Gasteiger partial charge in [0.25, 0.3) is 0 Å². The Hall–Kier alpha value is -2.55. The van der Waals surface area contributed by atoms with E-state index in [2.05, 4.69) is 4.90 Å². The van der Waals surface area contributed by atoms with E-state index in [1.165, 1.54) is 0 Å². The molecule has 2 bridgehead atoms. The quantitative estimate of drug-likeness (QED) is 0.571. The first-order chi connectivity index (χ1) is 17.8. The molecule has 37 heavy (non-hydrogen) atoms. The predicted octanol–water partition coefficient (Wildman–Crippen LogP) is 2.29. The normalized spacial score (nSPS) is 40.0. The van der Waals surface area contributed by atoms with Gasteiger partial charge in [-0.15, -0.1) is 0 Å². The second-order valence-corrected chi connectivity index (χ2v) is 12.6. The minimum Gasteiger partial charge on any atom is -0.504 e. The Morgan fingerprint density at radius 1 is 1.19 bits per heavy atom. The number of hydrogen-bond donors (Lipinski definition) is 3. The maximum absolute atomic E-state index is 13.7. The fraction of sp³-hybridized carbons (Fsp3) is 0.621. The smallest absolute Gasteiger partial charge is 0.226 e. The van der Waals surface area contributed by atoms with Crippen molar-refractivity contribution in [1.82, 2.24) is 9.80 Å². The van der Waals surface area contributed by atoms with Gasteiger partial charge >= 0.3 is 0 Å². The van der Waals surface area contributed by atoms with Crippen LogP contribution in [0.3, 0.4) is 0 Å². The molecule has 2 aromatic rings. The van der Waals surface area contributed by atoms with Gasteiger partial charge in [0.2, 0.25) is 5.91 Å². The van der Waals surface area contributed by atoms with Crippen LogP contribution in [0.1, 0.15) is 61.1 Å². The third kappa shape index (κ3) is 2.81. The van der Waals surface area contributed by atoms with E-state index in [0.717, 1.165) is 42.5 Å². The van der Waals surface area contributed by atoms with Crippen molar-refractivity contribution in [3.8, 4) is 11.5 Å². The average Bonchev–Trinajstić information content (AvgIpc) is 3.71. The maximum Gasteiger partial charge on any atom is 0.226 e. The number of phenols is 1. The van der Waals surface area contributed by atoms with Gasteiger partial charge in [0.05, 0.1) is 35.2 Å². The van der Waals surface area contributed by atoms with E-state index >= 15 is 0 Å². The molecule has 3 saturated carbocycles. The summed E-state index contributed by atoms with van der Waals surface area (Å²) in [6.45, 7) is 1.33. The third-order valence-electron chi connectivity index (χ3n) is 10.8. The number of aliphatic hydroxyl groups is 2. The van der Waals surface area contributed by atoms with Crippen LogP contribution in [0, 0.1) is 5.92 Å². The van der Waals surface area contributed by atoms with Crippen LogP contribution >= 0.6 is 0 Å². The summed E-state index contributed by atoms with van der Waals surface area (Å²) >= 11 is 0. The van der Waals surface area contributed by atoms with Crippen LogP contribution in [0.2, 0.25) is 0 Å². The molecule has 4 fully saturated rings. The number of amides is 1. The van der Waals surface area contributed by atoms with E-state index < -0.39 is 22.7 Å². The average molecular weight is 507 g/mol. The molecule has 1 spiro atoms. The van der Waals surface area contributed by atoms with E-state index in [1.54, 1.807) is 18.6 Å². The van der Waals surface area contributed by atoms with Gasteiger partial charge in [-0.3, -0.25) is 9.69 Å². The van der Waals surface area contributed by atoms with E-state index in [9.17, 15) is 20.1 Å². The second-order valence-electron chi connectivity index (χ2n) is 12.6. The number of rotatable bonds is 5. The standard InChI is InChI=1S/C29H34N2O6/c1-30(26(33)19-13-18(19)17-5-11-36-14-17)20-4-6-29(35)22-12-16-2-3-21(32)24-23(16)28(29,25(20)37-24)9-10-31(22)15-27(34)7-8-27/h2-3,5,11,14,18-20,22,25,32,34-35H,4,6-10,12-13,15H2,1H3/t18-,19+,20-,22-,25+,28+,29-/m1/s1. The molecular formula is C29H34N2O6. The van der Waals surface area contributed by atoms with Crippen molar-refractivity contribution < 1.29 is 29.3 Å². The number of hydrogen-bond acceptors (Lipinski definition) is 7. The van der Waals surface area contributed by atoms with Crippen LogP contribution in [0.5, 0.6) is 11.5 Å². The number of furan rings is 1. The molecule has 1 amide bonds. The fourth-order valence-electron chi connectivity index (χ4n) is 8.62. The van der Waals surface area contributed by atoms with Crippen molar-refractivity contribution in [3.05, 3.63) is 47.4 Å². The minimum atomic E-state index is -1.05. The molecule has 196 valence electrons. The number of nitrogens with zero attached hydrogens (tertiary/aromatic N) is 2. The highest BCUT2D eigenvalue weighted by atomic mass is 16.5. The molecule has 8 heteroatoms. The zero-order valence-electron chi connectivity index (χ0n) is 21.1. The van der Waals surface area contributed by atoms with Gasteiger partial charge in [-0.1, -0.05) is 6.07 Å². The number of aromatic hydroxyl groups is 1. The Bertz CT molecular complexity index is 1290. The lowest BCUT2D eigenvalue weighted by Crippen LogP contribution is -2.78. The molecule has 8 nitrogen and oxygen atoms in total. The minimum absolute atomic E-state index is 0.0612. The van der Waals surface area contributed by atoms with Gasteiger partial charge in [-0.25, -0.2) is 0 Å². The highest BCUT2D eigenvalue weighted by molar-refractivity contribution is 5.83. The van der Waals surface area contributed by atoms with Crippen molar-refractivity contribution in [2.45, 2.75) is 85.7 Å². The van der Waals surface area contributed by atoms with E-state index in [1.807, 2.05) is 24.1 Å². The van der Waals surface area contributed by atoms with Crippen LogP contribution in [0.25, 0.3) is 0 Å². The summed E-state index contributed by atoms with van der Waals surface area (Å²) < 4.78 is 11.9. The van der Waals surface area contributed by atoms with Gasteiger partial charge < -0.3 is 29.4 Å². The zero-order chi connectivity index (χ0) is 25.3. The molecule has 1 aromatic carbocycles. The van der Waals surface area contributed by atoms with Crippen LogP contribution in [0.4, 0.5) is 0 Å². The van der Waals surface area contributed by atoms with Crippen molar-refractivity contribution in [1.29, 1.82) is 0 Å². The van der Waals surface area contributed by atoms with E-state index in [0.29, 0.717) is 38.0 Å². The maximum atomic E-state index is 13.7. The lowest BCUT2D eigenvalue weighted by molar-refractivity contribution is -0.203. The number of piperidine rings is 1. The predicted molar refractivity (Wildman–Crippen MR) is 132 cm³/mol. The fourth-order valence-corrected chi connectivity index (χ4v) is 8.62. The summed E-state index contributed by atoms with van der Waals surface area (Å²) in [4.78, 5) is 17.8. The number of phenolic OH excluding ortho intramolecular Hbond substituents is 1. The number of carbonyl (C=O) groups is 1. The van der Waals surface area contributed by atoms with E-state index in [4.69, 9.17) is 9.15 Å². The molecule has 3 heterocycles. The number of likely N-dealkylation sites (tertiary alicyclic amines) is 1. The van der Waals surface area contributed by atoms with Gasteiger partial charge in [-0.2, -0.15) is 0 Å². The van der Waals surface area contributed by atoms with Crippen LogP contribution < -0.4 is 4.74 Å². The molecule has 7 atom stereocenters. The summed E-state index contributed by atoms with van der Waals surface area (Å²) in [5.41, 5.74) is 0.761. The SMILES string of the molecule is CN(C(=O)[C@H]1C[C@@H]1c1ccoc1)[C@@H]1CC[C@@]2(O)[C@H]3Cc4ccc(O)c5c4[C@@]2(CCN3CC2(O)CC2)[C@H]1O5. The molecular weight excluding hydrogens is 472 g/mol. The Morgan fingerprint density at radius 3 is 2.78 bits per heavy atom. The molecule has 4 aliphatic carbocycles. The molecule has 2 aliphatic heterocycles. The molecule has 6 aliphatic rings. The van der Waals surface area contributed by atoms with Crippen LogP contribution in [0.15, 0.2) is 35.1 Å². The van der Waals surface area contributed by atoms with Crippen molar-refractivity contribution in [3.63, 3.8) is 0 Å². The monoisotopic (exact) mass is 506 g/mol. The molecule has 1 saturated heterocycles. The molecule has 0 unspecified atom stereocenters. The van der Waals surface area contributed by atoms with Crippen LogP contribution in [-0.4, -0.2) is 80.6 Å². The highest BCUT2D eigenvalue weighted by Gasteiger charge is 2.74. The van der Waals surface area contributed by atoms with Gasteiger partial charge in [0.15, 0.2) is 11.5 Å². The summed E-state index contributed by atoms with van der Waals surface area (Å²) in [5.74, 6) is 0.842. The highest BCUT2D eigenvalue weighted by Crippen LogP contribution is 2.66. The van der Waals surface area contributed by atoms with Crippen molar-refractivity contribution in [2.24, 2.45) is 5.92 Å². The first-order valence-corrected chi connectivity index (χ1v) is 13.8. The summed E-state index contributed by atoms with van der Waals surface area (Å²) in [6.07, 6.45) is 7.93. The first-order valence-electron chi connectivity index (χ1n) is 13.8. The number of benzene rings is 1.